The normalized spacial score (nSPS) is 16.1. The summed E-state index contributed by atoms with van der Waals surface area (Å²) < 4.78 is 0. The molecule has 1 aliphatic heterocycles. The Morgan fingerprint density at radius 2 is 1.74 bits per heavy atom. The van der Waals surface area contributed by atoms with E-state index < -0.39 is 6.04 Å². The van der Waals surface area contributed by atoms with Crippen LogP contribution in [0, 0.1) is 0 Å². The molecule has 1 aliphatic carbocycles. The first-order valence-corrected chi connectivity index (χ1v) is 14.0. The van der Waals surface area contributed by atoms with Gasteiger partial charge in [-0.15, -0.1) is 0 Å². The summed E-state index contributed by atoms with van der Waals surface area (Å²) in [4.78, 5) is 43.2. The second kappa shape index (κ2) is 11.6. The lowest BCUT2D eigenvalue weighted by atomic mass is 9.95. The Morgan fingerprint density at radius 1 is 1.03 bits per heavy atom. The Balaban J connectivity index is 1.26. The fourth-order valence-electron chi connectivity index (χ4n) is 5.67. The van der Waals surface area contributed by atoms with Crippen molar-refractivity contribution in [1.82, 2.24) is 10.2 Å². The number of hydrogen-bond donors (Lipinski definition) is 1. The summed E-state index contributed by atoms with van der Waals surface area (Å²) in [5.74, 6) is -0.243. The summed E-state index contributed by atoms with van der Waals surface area (Å²) in [6, 6.07) is 18.6. The van der Waals surface area contributed by atoms with Gasteiger partial charge in [0.15, 0.2) is 0 Å². The number of halogens is 1. The first-order valence-electron chi connectivity index (χ1n) is 13.6. The van der Waals surface area contributed by atoms with E-state index in [-0.39, 0.29) is 30.2 Å². The van der Waals surface area contributed by atoms with E-state index in [1.165, 1.54) is 6.42 Å². The molecule has 0 saturated heterocycles. The Labute approximate surface area is 228 Å². The molecule has 38 heavy (non-hydrogen) atoms. The van der Waals surface area contributed by atoms with Crippen LogP contribution in [-0.4, -0.2) is 41.2 Å². The SMILES string of the molecule is C[C@H](C(=O)NC1CCCCC1)N(Cc1ccc(Cl)cc1)C(=O)CCCN1C(=O)c2cccc3cccc1c23. The van der Waals surface area contributed by atoms with E-state index in [1.807, 2.05) is 48.5 Å². The fraction of sp³-hybridized carbons (Fsp3) is 0.387. The number of hydrogen-bond acceptors (Lipinski definition) is 3. The van der Waals surface area contributed by atoms with Crippen molar-refractivity contribution < 1.29 is 14.4 Å². The summed E-state index contributed by atoms with van der Waals surface area (Å²) in [6.07, 6.45) is 6.18. The van der Waals surface area contributed by atoms with Gasteiger partial charge in [-0.2, -0.15) is 0 Å². The highest BCUT2D eigenvalue weighted by Gasteiger charge is 2.31. The molecule has 1 heterocycles. The molecule has 1 saturated carbocycles. The molecule has 3 amide bonds. The largest absolute Gasteiger partial charge is 0.352 e. The molecule has 0 spiro atoms. The summed E-state index contributed by atoms with van der Waals surface area (Å²) in [5, 5.41) is 5.81. The number of benzene rings is 3. The first-order chi connectivity index (χ1) is 18.4. The zero-order valence-electron chi connectivity index (χ0n) is 21.8. The third-order valence-electron chi connectivity index (χ3n) is 7.81. The van der Waals surface area contributed by atoms with Gasteiger partial charge in [0, 0.05) is 41.5 Å². The number of amides is 3. The van der Waals surface area contributed by atoms with Gasteiger partial charge in [-0.05, 0) is 61.4 Å². The van der Waals surface area contributed by atoms with Crippen LogP contribution in [0.4, 0.5) is 5.69 Å². The van der Waals surface area contributed by atoms with E-state index in [2.05, 4.69) is 5.32 Å². The molecular weight excluding hydrogens is 498 g/mol. The van der Waals surface area contributed by atoms with E-state index in [0.717, 1.165) is 47.7 Å². The van der Waals surface area contributed by atoms with Crippen LogP contribution in [0.1, 0.15) is 67.8 Å². The van der Waals surface area contributed by atoms with Crippen LogP contribution in [-0.2, 0) is 16.1 Å². The predicted octanol–water partition coefficient (Wildman–Crippen LogP) is 6.10. The van der Waals surface area contributed by atoms with Crippen molar-refractivity contribution in [2.75, 3.05) is 11.4 Å². The number of nitrogens with one attached hydrogen (secondary N) is 1. The monoisotopic (exact) mass is 531 g/mol. The molecule has 6 nitrogen and oxygen atoms in total. The highest BCUT2D eigenvalue weighted by molar-refractivity contribution is 6.30. The maximum Gasteiger partial charge on any atom is 0.258 e. The minimum absolute atomic E-state index is 0.0255. The Hall–Kier alpha value is -3.38. The first kappa shape index (κ1) is 26.2. The van der Waals surface area contributed by atoms with Gasteiger partial charge in [0.25, 0.3) is 5.91 Å². The third-order valence-corrected chi connectivity index (χ3v) is 8.06. The van der Waals surface area contributed by atoms with Gasteiger partial charge < -0.3 is 15.1 Å². The Bertz CT molecular complexity index is 1330. The minimum Gasteiger partial charge on any atom is -0.352 e. The molecular formula is C31H34ClN3O3. The van der Waals surface area contributed by atoms with Gasteiger partial charge in [0.1, 0.15) is 6.04 Å². The molecule has 1 atom stereocenters. The van der Waals surface area contributed by atoms with Gasteiger partial charge in [0.2, 0.25) is 11.8 Å². The molecule has 1 N–H and O–H groups in total. The molecule has 7 heteroatoms. The number of carbonyl (C=O) groups excluding carboxylic acids is 3. The van der Waals surface area contributed by atoms with Gasteiger partial charge in [-0.3, -0.25) is 14.4 Å². The minimum atomic E-state index is -0.605. The van der Waals surface area contributed by atoms with Crippen LogP contribution in [0.5, 0.6) is 0 Å². The average molecular weight is 532 g/mol. The van der Waals surface area contributed by atoms with E-state index in [1.54, 1.807) is 28.9 Å². The van der Waals surface area contributed by atoms with Crippen LogP contribution in [0.25, 0.3) is 10.8 Å². The maximum atomic E-state index is 13.5. The standard InChI is InChI=1S/C31H34ClN3O3/c1-21(30(37)33-25-10-3-2-4-11-25)35(20-22-15-17-24(32)18-16-22)28(36)14-7-19-34-27-13-6-9-23-8-5-12-26(29(23)27)31(34)38/h5-6,8-9,12-13,15-18,21,25H,2-4,7,10-11,14,19-20H2,1H3,(H,33,37)/t21-/m1/s1. The maximum absolute atomic E-state index is 13.5. The molecule has 0 unspecified atom stereocenters. The lowest BCUT2D eigenvalue weighted by Crippen LogP contribution is -2.50. The molecule has 1 fully saturated rings. The van der Waals surface area contributed by atoms with Gasteiger partial charge >= 0.3 is 0 Å². The summed E-state index contributed by atoms with van der Waals surface area (Å²) in [7, 11) is 0. The predicted molar refractivity (Wildman–Crippen MR) is 151 cm³/mol. The summed E-state index contributed by atoms with van der Waals surface area (Å²) in [6.45, 7) is 2.56. The lowest BCUT2D eigenvalue weighted by molar-refractivity contribution is -0.141. The van der Waals surface area contributed by atoms with Crippen molar-refractivity contribution in [2.24, 2.45) is 0 Å². The van der Waals surface area contributed by atoms with Crippen molar-refractivity contribution in [3.8, 4) is 0 Å². The van der Waals surface area contributed by atoms with Crippen LogP contribution in [0.15, 0.2) is 60.7 Å². The fourth-order valence-corrected chi connectivity index (χ4v) is 5.80. The number of nitrogens with zero attached hydrogens (tertiary/aromatic N) is 2. The number of anilines is 1. The van der Waals surface area contributed by atoms with E-state index >= 15 is 0 Å². The van der Waals surface area contributed by atoms with E-state index in [9.17, 15) is 14.4 Å². The van der Waals surface area contributed by atoms with E-state index in [4.69, 9.17) is 11.6 Å². The smallest absolute Gasteiger partial charge is 0.258 e. The van der Waals surface area contributed by atoms with Crippen molar-refractivity contribution in [2.45, 2.75) is 70.5 Å². The molecule has 0 aromatic heterocycles. The van der Waals surface area contributed by atoms with Crippen LogP contribution < -0.4 is 10.2 Å². The number of rotatable bonds is 9. The van der Waals surface area contributed by atoms with Crippen molar-refractivity contribution in [3.63, 3.8) is 0 Å². The molecule has 0 radical (unpaired) electrons. The van der Waals surface area contributed by atoms with Gasteiger partial charge in [0.05, 0.1) is 5.69 Å². The molecule has 2 aliphatic rings. The average Bonchev–Trinajstić information content (AvgIpc) is 3.21. The van der Waals surface area contributed by atoms with Crippen LogP contribution >= 0.6 is 11.6 Å². The van der Waals surface area contributed by atoms with Crippen molar-refractivity contribution in [3.05, 3.63) is 76.8 Å². The van der Waals surface area contributed by atoms with Crippen molar-refractivity contribution in [1.29, 1.82) is 0 Å². The second-order valence-corrected chi connectivity index (χ2v) is 10.8. The highest BCUT2D eigenvalue weighted by atomic mass is 35.5. The van der Waals surface area contributed by atoms with E-state index in [0.29, 0.717) is 30.1 Å². The Kier molecular flexibility index (Phi) is 7.98. The van der Waals surface area contributed by atoms with Crippen LogP contribution in [0.2, 0.25) is 5.02 Å². The van der Waals surface area contributed by atoms with Gasteiger partial charge in [-0.1, -0.05) is 67.3 Å². The molecule has 5 rings (SSSR count). The number of carbonyl (C=O) groups is 3. The Morgan fingerprint density at radius 3 is 2.47 bits per heavy atom. The molecule has 0 bridgehead atoms. The zero-order chi connectivity index (χ0) is 26.6. The van der Waals surface area contributed by atoms with Gasteiger partial charge in [-0.25, -0.2) is 0 Å². The molecule has 3 aromatic carbocycles. The topological polar surface area (TPSA) is 69.7 Å². The zero-order valence-corrected chi connectivity index (χ0v) is 22.5. The summed E-state index contributed by atoms with van der Waals surface area (Å²) >= 11 is 6.06. The van der Waals surface area contributed by atoms with Crippen molar-refractivity contribution >= 4 is 45.8 Å². The highest BCUT2D eigenvalue weighted by Crippen LogP contribution is 2.37. The molecule has 3 aromatic rings. The molecule has 198 valence electrons. The lowest BCUT2D eigenvalue weighted by Gasteiger charge is -2.31. The quantitative estimate of drug-likeness (QED) is 0.362. The third kappa shape index (κ3) is 5.56. The van der Waals surface area contributed by atoms with Crippen LogP contribution in [0.3, 0.4) is 0 Å². The second-order valence-electron chi connectivity index (χ2n) is 10.4. The summed E-state index contributed by atoms with van der Waals surface area (Å²) in [5.41, 5.74) is 2.52.